The first kappa shape index (κ1) is 42.1. The molecule has 1 N–H and O–H groups in total. The fraction of sp³-hybridized carbons (Fsp3) is 0.488. The van der Waals surface area contributed by atoms with Crippen molar-refractivity contribution in [3.63, 3.8) is 0 Å². The highest BCUT2D eigenvalue weighted by Gasteiger charge is 2.63. The molecule has 2 aromatic carbocycles. The molecule has 312 valence electrons. The van der Waals surface area contributed by atoms with Crippen molar-refractivity contribution in [1.82, 2.24) is 19.5 Å². The quantitative estimate of drug-likeness (QED) is 0.120. The maximum Gasteiger partial charge on any atom is 0.269 e. The minimum absolute atomic E-state index is 0.0200. The van der Waals surface area contributed by atoms with Crippen LogP contribution in [0.5, 0.6) is 11.5 Å². The highest BCUT2D eigenvalue weighted by Crippen LogP contribution is 2.61. The van der Waals surface area contributed by atoms with Crippen LogP contribution in [0.15, 0.2) is 59.6 Å². The number of piperazine rings is 1. The molecule has 4 heterocycles. The van der Waals surface area contributed by atoms with E-state index in [2.05, 4.69) is 53.9 Å². The van der Waals surface area contributed by atoms with E-state index >= 15 is 0 Å². The van der Waals surface area contributed by atoms with Gasteiger partial charge in [-0.2, -0.15) is 5.26 Å². The average Bonchev–Trinajstić information content (AvgIpc) is 3.40. The number of benzene rings is 2. The Hall–Kier alpha value is -5.04. The van der Waals surface area contributed by atoms with Crippen molar-refractivity contribution in [3.8, 4) is 17.6 Å². The number of ketones is 1. The van der Waals surface area contributed by atoms with Gasteiger partial charge in [0.25, 0.3) is 21.8 Å². The number of ether oxygens (including phenoxy) is 2. The number of hydrogen-bond donors (Lipinski definition) is 1. The third-order valence-electron chi connectivity index (χ3n) is 12.4. The Kier molecular flexibility index (Phi) is 11.8. The summed E-state index contributed by atoms with van der Waals surface area (Å²) in [4.78, 5) is 59.5. The van der Waals surface area contributed by atoms with Gasteiger partial charge in [0, 0.05) is 73.7 Å². The zero-order chi connectivity index (χ0) is 42.3. The molecule has 59 heavy (non-hydrogen) atoms. The molecule has 0 spiro atoms. The van der Waals surface area contributed by atoms with E-state index in [1.807, 2.05) is 12.1 Å². The molecule has 16 heteroatoms. The van der Waals surface area contributed by atoms with E-state index in [1.54, 1.807) is 30.5 Å². The third-order valence-corrected chi connectivity index (χ3v) is 14.6. The molecule has 14 nitrogen and oxygen atoms in total. The molecular formula is C43H49ClN6O8S. The molecular weight excluding hydrogens is 796 g/mol. The summed E-state index contributed by atoms with van der Waals surface area (Å²) in [7, 11) is -4.28. The molecule has 0 bridgehead atoms. The average molecular weight is 845 g/mol. The zero-order valence-corrected chi connectivity index (χ0v) is 35.3. The van der Waals surface area contributed by atoms with Crippen molar-refractivity contribution in [1.29, 1.82) is 5.26 Å². The number of carbonyl (C=O) groups is 4. The summed E-state index contributed by atoms with van der Waals surface area (Å²) in [6.45, 7) is 13.3. The first-order chi connectivity index (χ1) is 28.0. The molecule has 1 unspecified atom stereocenters. The topological polar surface area (TPSA) is 179 Å². The number of halogens is 1. The van der Waals surface area contributed by atoms with Gasteiger partial charge in [0.1, 0.15) is 40.4 Å². The largest absolute Gasteiger partial charge is 0.494 e. The van der Waals surface area contributed by atoms with Gasteiger partial charge in [-0.05, 0) is 74.5 Å². The van der Waals surface area contributed by atoms with Crippen LogP contribution in [0.3, 0.4) is 0 Å². The predicted octanol–water partition coefficient (Wildman–Crippen LogP) is 5.63. The van der Waals surface area contributed by atoms with Gasteiger partial charge in [-0.3, -0.25) is 29.4 Å². The van der Waals surface area contributed by atoms with Crippen LogP contribution in [0, 0.1) is 28.1 Å². The number of unbranched alkanes of at least 4 members (excludes halogenated alkanes) is 2. The standard InChI is InChI=1S/C43H49ClN6O8S/c1-42(2)36(43(3,4)41(42)58-30-10-8-27(25-45)32(44)22-30)24-34(51)28-9-14-37(46-26-28)49-19-17-48(18-20-49)16-6-5-7-21-57-29-11-12-31-35(23-29)59(55,56)50(40(31)54)33-13-15-38(52)47-39(33)53/h8-12,14,22-23,26,33,36,41H,5-7,13,15-21,24H2,1-4H3,(H,47,52,53). The maximum atomic E-state index is 13.5. The Morgan fingerprint density at radius 1 is 0.966 bits per heavy atom. The van der Waals surface area contributed by atoms with Crippen molar-refractivity contribution in [2.24, 2.45) is 16.7 Å². The summed E-state index contributed by atoms with van der Waals surface area (Å²) in [6.07, 6.45) is 4.47. The van der Waals surface area contributed by atoms with Crippen molar-refractivity contribution >= 4 is 50.9 Å². The van der Waals surface area contributed by atoms with Crippen LogP contribution in [0.2, 0.25) is 5.02 Å². The number of nitriles is 1. The van der Waals surface area contributed by atoms with Crippen LogP contribution in [-0.2, 0) is 19.6 Å². The smallest absolute Gasteiger partial charge is 0.269 e. The molecule has 0 radical (unpaired) electrons. The van der Waals surface area contributed by atoms with E-state index in [0.29, 0.717) is 45.0 Å². The molecule has 3 amide bonds. The normalized spacial score (nSPS) is 23.2. The number of aromatic nitrogens is 1. The van der Waals surface area contributed by atoms with Crippen LogP contribution >= 0.6 is 11.6 Å². The predicted molar refractivity (Wildman–Crippen MR) is 219 cm³/mol. The minimum atomic E-state index is -4.28. The second-order valence-electron chi connectivity index (χ2n) is 16.9. The summed E-state index contributed by atoms with van der Waals surface area (Å²) in [5.41, 5.74) is 0.431. The molecule has 4 aliphatic rings. The Balaban J connectivity index is 0.816. The van der Waals surface area contributed by atoms with Crippen LogP contribution in [-0.4, -0.2) is 97.6 Å². The number of sulfonamides is 1. The molecule has 2 saturated heterocycles. The van der Waals surface area contributed by atoms with E-state index in [0.717, 1.165) is 57.8 Å². The second kappa shape index (κ2) is 16.5. The Morgan fingerprint density at radius 3 is 2.36 bits per heavy atom. The number of hydrogen-bond acceptors (Lipinski definition) is 12. The van der Waals surface area contributed by atoms with Gasteiger partial charge in [-0.25, -0.2) is 17.7 Å². The minimum Gasteiger partial charge on any atom is -0.494 e. The maximum absolute atomic E-state index is 13.5. The van der Waals surface area contributed by atoms with Crippen LogP contribution in [0.1, 0.15) is 92.5 Å². The fourth-order valence-electron chi connectivity index (χ4n) is 9.39. The van der Waals surface area contributed by atoms with E-state index in [9.17, 15) is 32.9 Å². The third kappa shape index (κ3) is 8.27. The summed E-state index contributed by atoms with van der Waals surface area (Å²) < 4.78 is 39.4. The Morgan fingerprint density at radius 2 is 1.69 bits per heavy atom. The molecule has 3 fully saturated rings. The molecule has 3 aliphatic heterocycles. The monoisotopic (exact) mass is 844 g/mol. The Labute approximate surface area is 349 Å². The number of rotatable bonds is 14. The molecule has 1 aliphatic carbocycles. The van der Waals surface area contributed by atoms with Gasteiger partial charge < -0.3 is 14.4 Å². The SMILES string of the molecule is CC1(C)C(CC(=O)c2ccc(N3CCN(CCCCCOc4ccc5c(c4)S(=O)(=O)N(C4CCC(=O)NC4=O)C5=O)CC3)nc2)C(C)(C)C1Oc1ccc(C#N)c(Cl)c1. The summed E-state index contributed by atoms with van der Waals surface area (Å²) in [6, 6.07) is 14.0. The number of nitrogens with zero attached hydrogens (tertiary/aromatic N) is 5. The van der Waals surface area contributed by atoms with Crippen molar-refractivity contribution < 1.29 is 37.1 Å². The fourth-order valence-corrected chi connectivity index (χ4v) is 11.4. The lowest BCUT2D eigenvalue weighted by molar-refractivity contribution is -0.196. The number of pyridine rings is 1. The van der Waals surface area contributed by atoms with Gasteiger partial charge in [0.2, 0.25) is 5.91 Å². The number of Topliss-reactive ketones (excluding diaryl/α,β-unsaturated/α-hetero) is 1. The van der Waals surface area contributed by atoms with Crippen molar-refractivity contribution in [2.45, 2.75) is 83.3 Å². The van der Waals surface area contributed by atoms with E-state index in [-0.39, 0.29) is 51.9 Å². The summed E-state index contributed by atoms with van der Waals surface area (Å²) >= 11 is 6.24. The van der Waals surface area contributed by atoms with Crippen molar-refractivity contribution in [2.75, 3.05) is 44.2 Å². The molecule has 7 rings (SSSR count). The van der Waals surface area contributed by atoms with Crippen LogP contribution in [0.4, 0.5) is 5.82 Å². The number of amides is 3. The van der Waals surface area contributed by atoms with E-state index < -0.39 is 33.8 Å². The number of piperidine rings is 1. The second-order valence-corrected chi connectivity index (χ2v) is 19.1. The summed E-state index contributed by atoms with van der Waals surface area (Å²) in [5.74, 6) is -0.158. The number of carbonyl (C=O) groups excluding carboxylic acids is 4. The highest BCUT2D eigenvalue weighted by atomic mass is 35.5. The van der Waals surface area contributed by atoms with Gasteiger partial charge in [-0.15, -0.1) is 0 Å². The van der Waals surface area contributed by atoms with E-state index in [1.165, 1.54) is 12.1 Å². The lowest BCUT2D eigenvalue weighted by atomic mass is 9.44. The van der Waals surface area contributed by atoms with Gasteiger partial charge in [-0.1, -0.05) is 39.3 Å². The highest BCUT2D eigenvalue weighted by molar-refractivity contribution is 7.90. The number of anilines is 1. The van der Waals surface area contributed by atoms with Crippen LogP contribution in [0.25, 0.3) is 0 Å². The van der Waals surface area contributed by atoms with Gasteiger partial charge >= 0.3 is 0 Å². The van der Waals surface area contributed by atoms with Crippen molar-refractivity contribution in [3.05, 3.63) is 76.4 Å². The molecule has 1 atom stereocenters. The van der Waals surface area contributed by atoms with Gasteiger partial charge in [0.15, 0.2) is 5.78 Å². The lowest BCUT2D eigenvalue weighted by Crippen LogP contribution is -2.66. The lowest BCUT2D eigenvalue weighted by Gasteiger charge is -2.63. The summed E-state index contributed by atoms with van der Waals surface area (Å²) in [5, 5.41) is 11.7. The number of nitrogens with one attached hydrogen (secondary N) is 1. The van der Waals surface area contributed by atoms with E-state index in [4.69, 9.17) is 21.1 Å². The number of fused-ring (bicyclic) bond motifs is 1. The zero-order valence-electron chi connectivity index (χ0n) is 33.7. The Bertz CT molecular complexity index is 2290. The molecule has 1 aromatic heterocycles. The van der Waals surface area contributed by atoms with Crippen LogP contribution < -0.4 is 19.7 Å². The first-order valence-electron chi connectivity index (χ1n) is 20.0. The first-order valence-corrected chi connectivity index (χ1v) is 21.9. The molecule has 3 aromatic rings. The molecule has 1 saturated carbocycles. The number of imide groups is 1. The van der Waals surface area contributed by atoms with Gasteiger partial charge in [0.05, 0.1) is 22.8 Å².